The molecule has 2 aliphatic rings. The van der Waals surface area contributed by atoms with E-state index < -0.39 is 21.9 Å². The van der Waals surface area contributed by atoms with E-state index in [1.165, 1.54) is 0 Å². The molecular formula is C13H16ClFN2O3S. The predicted molar refractivity (Wildman–Crippen MR) is 76.0 cm³/mol. The summed E-state index contributed by atoms with van der Waals surface area (Å²) in [5.74, 6) is -0.398. The van der Waals surface area contributed by atoms with E-state index in [0.29, 0.717) is 6.61 Å². The van der Waals surface area contributed by atoms with Crippen LogP contribution < -0.4 is 10.5 Å². The molecule has 1 saturated carbocycles. The summed E-state index contributed by atoms with van der Waals surface area (Å²) in [4.78, 5) is -0.156. The van der Waals surface area contributed by atoms with Gasteiger partial charge in [0.15, 0.2) is 0 Å². The third-order valence-corrected chi connectivity index (χ3v) is 6.09. The lowest BCUT2D eigenvalue weighted by Crippen LogP contribution is -2.71. The van der Waals surface area contributed by atoms with E-state index in [2.05, 4.69) is 4.72 Å². The van der Waals surface area contributed by atoms with E-state index in [4.69, 9.17) is 22.1 Å². The van der Waals surface area contributed by atoms with Crippen molar-refractivity contribution in [3.8, 4) is 0 Å². The number of hydrogen-bond donors (Lipinski definition) is 2. The zero-order valence-electron chi connectivity index (χ0n) is 11.1. The highest BCUT2D eigenvalue weighted by Crippen LogP contribution is 2.38. The second kappa shape index (κ2) is 5.48. The van der Waals surface area contributed by atoms with E-state index in [0.717, 1.165) is 31.0 Å². The van der Waals surface area contributed by atoms with Crippen molar-refractivity contribution < 1.29 is 17.5 Å². The molecule has 8 heteroatoms. The van der Waals surface area contributed by atoms with Crippen LogP contribution >= 0.6 is 11.6 Å². The maximum absolute atomic E-state index is 13.0. The van der Waals surface area contributed by atoms with Gasteiger partial charge in [0.1, 0.15) is 10.7 Å². The van der Waals surface area contributed by atoms with Gasteiger partial charge in [-0.25, -0.2) is 17.5 Å². The standard InChI is InChI=1S/C13H16ClFN2O3S/c14-9-6-7(15)3-4-10(9)21(18,19)17-12-11(16)8-2-1-5-20-13(8)12/h3-4,6,8,11-13,17H,1-2,5,16H2. The third kappa shape index (κ3) is 2.68. The number of sulfonamides is 1. The van der Waals surface area contributed by atoms with E-state index in [1.807, 2.05) is 0 Å². The number of nitrogens with one attached hydrogen (secondary N) is 1. The van der Waals surface area contributed by atoms with E-state index >= 15 is 0 Å². The topological polar surface area (TPSA) is 81.4 Å². The highest BCUT2D eigenvalue weighted by molar-refractivity contribution is 7.89. The molecule has 4 unspecified atom stereocenters. The highest BCUT2D eigenvalue weighted by Gasteiger charge is 2.52. The molecule has 21 heavy (non-hydrogen) atoms. The zero-order valence-corrected chi connectivity index (χ0v) is 12.7. The molecule has 3 N–H and O–H groups in total. The predicted octanol–water partition coefficient (Wildman–Crippen LogP) is 1.26. The van der Waals surface area contributed by atoms with Crippen LogP contribution in [-0.4, -0.2) is 33.2 Å². The molecule has 1 aromatic rings. The molecule has 116 valence electrons. The Bertz CT molecular complexity index is 655. The molecule has 1 aliphatic heterocycles. The summed E-state index contributed by atoms with van der Waals surface area (Å²) in [5, 5.41) is -0.156. The van der Waals surface area contributed by atoms with Gasteiger partial charge in [-0.3, -0.25) is 0 Å². The van der Waals surface area contributed by atoms with Crippen LogP contribution in [0.15, 0.2) is 23.1 Å². The number of benzene rings is 1. The van der Waals surface area contributed by atoms with Crippen molar-refractivity contribution in [3.05, 3.63) is 29.0 Å². The smallest absolute Gasteiger partial charge is 0.242 e. The minimum absolute atomic E-state index is 0.156. The number of rotatable bonds is 3. The molecule has 0 aromatic heterocycles. The SMILES string of the molecule is NC1C2CCCOC2C1NS(=O)(=O)c1ccc(F)cc1Cl. The van der Waals surface area contributed by atoms with E-state index in [9.17, 15) is 12.8 Å². The third-order valence-electron chi connectivity index (χ3n) is 4.15. The summed E-state index contributed by atoms with van der Waals surface area (Å²) in [6.07, 6.45) is 1.70. The van der Waals surface area contributed by atoms with Gasteiger partial charge in [0.2, 0.25) is 10.0 Å². The molecule has 1 aliphatic carbocycles. The zero-order chi connectivity index (χ0) is 15.2. The lowest BCUT2D eigenvalue weighted by atomic mass is 9.69. The van der Waals surface area contributed by atoms with E-state index in [1.54, 1.807) is 0 Å². The Morgan fingerprint density at radius 3 is 2.90 bits per heavy atom. The molecule has 4 atom stereocenters. The van der Waals surface area contributed by atoms with Crippen LogP contribution in [-0.2, 0) is 14.8 Å². The van der Waals surface area contributed by atoms with Gasteiger partial charge in [-0.1, -0.05) is 11.6 Å². The van der Waals surface area contributed by atoms with Crippen LogP contribution in [0.3, 0.4) is 0 Å². The van der Waals surface area contributed by atoms with Crippen LogP contribution in [0.25, 0.3) is 0 Å². The quantitative estimate of drug-likeness (QED) is 0.872. The molecule has 3 rings (SSSR count). The second-order valence-corrected chi connectivity index (χ2v) is 7.53. The van der Waals surface area contributed by atoms with Crippen molar-refractivity contribution in [2.45, 2.75) is 35.9 Å². The Balaban J connectivity index is 1.80. The summed E-state index contributed by atoms with van der Waals surface area (Å²) < 4.78 is 45.9. The maximum Gasteiger partial charge on any atom is 0.242 e. The van der Waals surface area contributed by atoms with Crippen molar-refractivity contribution in [2.75, 3.05) is 6.61 Å². The maximum atomic E-state index is 13.0. The van der Waals surface area contributed by atoms with Crippen LogP contribution in [0, 0.1) is 11.7 Å². The first-order valence-corrected chi connectivity index (χ1v) is 8.61. The monoisotopic (exact) mass is 334 g/mol. The van der Waals surface area contributed by atoms with E-state index in [-0.39, 0.29) is 28.0 Å². The number of nitrogens with two attached hydrogens (primary N) is 1. The van der Waals surface area contributed by atoms with Crippen molar-refractivity contribution in [1.82, 2.24) is 4.72 Å². The summed E-state index contributed by atoms with van der Waals surface area (Å²) in [6.45, 7) is 0.615. The number of ether oxygens (including phenoxy) is 1. The Labute approximate surface area is 127 Å². The average molecular weight is 335 g/mol. The lowest BCUT2D eigenvalue weighted by Gasteiger charge is -2.52. The first-order valence-electron chi connectivity index (χ1n) is 6.75. The van der Waals surface area contributed by atoms with Crippen molar-refractivity contribution in [3.63, 3.8) is 0 Å². The summed E-state index contributed by atoms with van der Waals surface area (Å²) in [6, 6.07) is 2.42. The minimum atomic E-state index is -3.86. The fraction of sp³-hybridized carbons (Fsp3) is 0.538. The summed E-state index contributed by atoms with van der Waals surface area (Å²) in [7, 11) is -3.86. The first-order chi connectivity index (χ1) is 9.90. The highest BCUT2D eigenvalue weighted by atomic mass is 35.5. The van der Waals surface area contributed by atoms with Crippen molar-refractivity contribution in [1.29, 1.82) is 0 Å². The number of fused-ring (bicyclic) bond motifs is 1. The Kier molecular flexibility index (Phi) is 3.96. The fourth-order valence-corrected chi connectivity index (χ4v) is 4.84. The van der Waals surface area contributed by atoms with Gasteiger partial charge in [0, 0.05) is 18.6 Å². The van der Waals surface area contributed by atoms with Gasteiger partial charge < -0.3 is 10.5 Å². The molecule has 0 bridgehead atoms. The average Bonchev–Trinajstić information content (AvgIpc) is 2.44. The lowest BCUT2D eigenvalue weighted by molar-refractivity contribution is -0.114. The molecular weight excluding hydrogens is 319 g/mol. The number of halogens is 2. The molecule has 5 nitrogen and oxygen atoms in total. The largest absolute Gasteiger partial charge is 0.376 e. The van der Waals surface area contributed by atoms with Gasteiger partial charge in [-0.15, -0.1) is 0 Å². The fourth-order valence-electron chi connectivity index (χ4n) is 3.03. The molecule has 2 fully saturated rings. The second-order valence-electron chi connectivity index (χ2n) is 5.44. The van der Waals surface area contributed by atoms with Gasteiger partial charge in [-0.05, 0) is 31.0 Å². The van der Waals surface area contributed by atoms with Crippen LogP contribution in [0.2, 0.25) is 5.02 Å². The van der Waals surface area contributed by atoms with Gasteiger partial charge in [0.05, 0.1) is 17.2 Å². The molecule has 1 heterocycles. The molecule has 1 saturated heterocycles. The molecule has 0 radical (unpaired) electrons. The Hall–Kier alpha value is -0.730. The van der Waals surface area contributed by atoms with Crippen molar-refractivity contribution in [2.24, 2.45) is 11.7 Å². The van der Waals surface area contributed by atoms with Gasteiger partial charge in [0.25, 0.3) is 0 Å². The first kappa shape index (κ1) is 15.2. The van der Waals surface area contributed by atoms with Gasteiger partial charge in [-0.2, -0.15) is 0 Å². The van der Waals surface area contributed by atoms with Crippen LogP contribution in [0.4, 0.5) is 4.39 Å². The molecule has 0 spiro atoms. The summed E-state index contributed by atoms with van der Waals surface area (Å²) >= 11 is 5.81. The molecule has 0 amide bonds. The van der Waals surface area contributed by atoms with Crippen LogP contribution in [0.1, 0.15) is 12.8 Å². The Morgan fingerprint density at radius 1 is 1.43 bits per heavy atom. The van der Waals surface area contributed by atoms with Crippen molar-refractivity contribution >= 4 is 21.6 Å². The normalized spacial score (nSPS) is 32.3. The number of hydrogen-bond acceptors (Lipinski definition) is 4. The Morgan fingerprint density at radius 2 is 2.19 bits per heavy atom. The minimum Gasteiger partial charge on any atom is -0.376 e. The summed E-state index contributed by atoms with van der Waals surface area (Å²) in [5.41, 5.74) is 6.02. The molecule has 1 aromatic carbocycles. The van der Waals surface area contributed by atoms with Gasteiger partial charge >= 0.3 is 0 Å². The van der Waals surface area contributed by atoms with Crippen LogP contribution in [0.5, 0.6) is 0 Å².